The van der Waals surface area contributed by atoms with E-state index in [1.54, 1.807) is 24.3 Å². The van der Waals surface area contributed by atoms with E-state index < -0.39 is 0 Å². The molecule has 0 aliphatic heterocycles. The number of ketones is 1. The molecule has 0 unspecified atom stereocenters. The van der Waals surface area contributed by atoms with Crippen LogP contribution in [0.5, 0.6) is 5.75 Å². The van der Waals surface area contributed by atoms with E-state index in [9.17, 15) is 9.90 Å². The van der Waals surface area contributed by atoms with E-state index in [0.29, 0.717) is 5.56 Å². The molecule has 4 nitrogen and oxygen atoms in total. The van der Waals surface area contributed by atoms with Crippen LogP contribution in [-0.2, 0) is 0 Å². The van der Waals surface area contributed by atoms with Crippen LogP contribution in [0.4, 0.5) is 5.69 Å². The Morgan fingerprint density at radius 1 is 1.04 bits per heavy atom. The third-order valence-corrected chi connectivity index (χ3v) is 3.75. The standard InChI is InChI=1S/C20H24N2O2/c1-21(2)12-13-22(3)18-8-5-7-17(15-18)20(24)11-10-16-6-4-9-19(23)14-16/h4-11,14-15,23H,12-13H2,1-3H3/b11-10+. The van der Waals surface area contributed by atoms with Crippen LogP contribution in [0.3, 0.4) is 0 Å². The van der Waals surface area contributed by atoms with Gasteiger partial charge < -0.3 is 14.9 Å². The van der Waals surface area contributed by atoms with Crippen molar-refractivity contribution in [3.8, 4) is 5.75 Å². The number of phenolic OH excluding ortho intramolecular Hbond substituents is 1. The number of benzene rings is 2. The largest absolute Gasteiger partial charge is 0.508 e. The third-order valence-electron chi connectivity index (χ3n) is 3.75. The molecule has 4 heteroatoms. The summed E-state index contributed by atoms with van der Waals surface area (Å²) in [5, 5.41) is 9.45. The number of likely N-dealkylation sites (N-methyl/N-ethyl adjacent to an activating group) is 2. The Balaban J connectivity index is 2.08. The van der Waals surface area contributed by atoms with Crippen molar-refractivity contribution in [1.82, 2.24) is 4.90 Å². The second kappa shape index (κ2) is 8.31. The van der Waals surface area contributed by atoms with Gasteiger partial charge in [-0.25, -0.2) is 0 Å². The molecule has 24 heavy (non-hydrogen) atoms. The van der Waals surface area contributed by atoms with E-state index in [0.717, 1.165) is 24.3 Å². The molecule has 1 N–H and O–H groups in total. The van der Waals surface area contributed by atoms with Crippen molar-refractivity contribution in [2.24, 2.45) is 0 Å². The van der Waals surface area contributed by atoms with Gasteiger partial charge in [-0.15, -0.1) is 0 Å². The Morgan fingerprint density at radius 3 is 2.50 bits per heavy atom. The first-order valence-electron chi connectivity index (χ1n) is 7.93. The number of phenols is 1. The molecule has 0 radical (unpaired) electrons. The van der Waals surface area contributed by atoms with E-state index in [2.05, 4.69) is 9.80 Å². The number of hydrogen-bond acceptors (Lipinski definition) is 4. The predicted molar refractivity (Wildman–Crippen MR) is 99.7 cm³/mol. The number of rotatable bonds is 7. The summed E-state index contributed by atoms with van der Waals surface area (Å²) < 4.78 is 0. The third kappa shape index (κ3) is 5.25. The molecule has 0 amide bonds. The smallest absolute Gasteiger partial charge is 0.185 e. The van der Waals surface area contributed by atoms with Crippen LogP contribution < -0.4 is 4.90 Å². The molecule has 2 aromatic carbocycles. The van der Waals surface area contributed by atoms with Crippen LogP contribution in [0, 0.1) is 0 Å². The van der Waals surface area contributed by atoms with Crippen molar-refractivity contribution in [2.45, 2.75) is 0 Å². The fourth-order valence-corrected chi connectivity index (χ4v) is 2.27. The summed E-state index contributed by atoms with van der Waals surface area (Å²) in [4.78, 5) is 16.6. The van der Waals surface area contributed by atoms with Crippen LogP contribution in [-0.4, -0.2) is 50.0 Å². The molecule has 2 rings (SSSR count). The molecular weight excluding hydrogens is 300 g/mol. The zero-order valence-electron chi connectivity index (χ0n) is 14.4. The maximum atomic E-state index is 12.4. The van der Waals surface area contributed by atoms with E-state index in [1.165, 1.54) is 6.08 Å². The van der Waals surface area contributed by atoms with Crippen molar-refractivity contribution in [2.75, 3.05) is 39.1 Å². The van der Waals surface area contributed by atoms with Gasteiger partial charge in [0.15, 0.2) is 5.78 Å². The molecule has 0 saturated heterocycles. The summed E-state index contributed by atoms with van der Waals surface area (Å²) in [5.41, 5.74) is 2.47. The van der Waals surface area contributed by atoms with E-state index in [-0.39, 0.29) is 11.5 Å². The molecule has 0 heterocycles. The Kier molecular flexibility index (Phi) is 6.15. The molecule has 0 bridgehead atoms. The molecule has 0 saturated carbocycles. The Bertz CT molecular complexity index is 723. The minimum absolute atomic E-state index is 0.0544. The maximum absolute atomic E-state index is 12.4. The van der Waals surface area contributed by atoms with Gasteiger partial charge in [0.25, 0.3) is 0 Å². The first-order chi connectivity index (χ1) is 11.5. The lowest BCUT2D eigenvalue weighted by Crippen LogP contribution is -2.28. The summed E-state index contributed by atoms with van der Waals surface area (Å²) >= 11 is 0. The summed E-state index contributed by atoms with van der Waals surface area (Å²) in [6.45, 7) is 1.84. The Morgan fingerprint density at radius 2 is 1.79 bits per heavy atom. The zero-order chi connectivity index (χ0) is 17.5. The highest BCUT2D eigenvalue weighted by Crippen LogP contribution is 2.17. The first kappa shape index (κ1) is 17.8. The second-order valence-corrected chi connectivity index (χ2v) is 6.07. The summed E-state index contributed by atoms with van der Waals surface area (Å²) in [6.07, 6.45) is 3.25. The highest BCUT2D eigenvalue weighted by atomic mass is 16.3. The van der Waals surface area contributed by atoms with Gasteiger partial charge in [0, 0.05) is 31.4 Å². The average Bonchev–Trinajstić information content (AvgIpc) is 2.57. The van der Waals surface area contributed by atoms with Gasteiger partial charge in [-0.2, -0.15) is 0 Å². The highest BCUT2D eigenvalue weighted by Gasteiger charge is 2.06. The molecule has 0 aromatic heterocycles. The first-order valence-corrected chi connectivity index (χ1v) is 7.93. The lowest BCUT2D eigenvalue weighted by molar-refractivity contribution is 0.104. The van der Waals surface area contributed by atoms with Gasteiger partial charge in [-0.05, 0) is 50.0 Å². The number of nitrogens with zero attached hydrogens (tertiary/aromatic N) is 2. The van der Waals surface area contributed by atoms with E-state index >= 15 is 0 Å². The molecule has 0 atom stereocenters. The van der Waals surface area contributed by atoms with Crippen LogP contribution in [0.15, 0.2) is 54.6 Å². The average molecular weight is 324 g/mol. The minimum Gasteiger partial charge on any atom is -0.508 e. The molecular formula is C20H24N2O2. The number of aromatic hydroxyl groups is 1. The normalized spacial score (nSPS) is 11.2. The van der Waals surface area contributed by atoms with Crippen LogP contribution >= 0.6 is 0 Å². The predicted octanol–water partition coefficient (Wildman–Crippen LogP) is 3.29. The number of hydrogen-bond donors (Lipinski definition) is 1. The fraction of sp³-hybridized carbons (Fsp3) is 0.250. The highest BCUT2D eigenvalue weighted by molar-refractivity contribution is 6.07. The van der Waals surface area contributed by atoms with E-state index in [1.807, 2.05) is 51.5 Å². The van der Waals surface area contributed by atoms with E-state index in [4.69, 9.17) is 0 Å². The van der Waals surface area contributed by atoms with Crippen LogP contribution in [0.25, 0.3) is 6.08 Å². The molecule has 0 aliphatic carbocycles. The van der Waals surface area contributed by atoms with Gasteiger partial charge in [0.05, 0.1) is 0 Å². The van der Waals surface area contributed by atoms with Crippen molar-refractivity contribution in [3.63, 3.8) is 0 Å². The lowest BCUT2D eigenvalue weighted by atomic mass is 10.1. The minimum atomic E-state index is -0.0544. The molecule has 0 spiro atoms. The van der Waals surface area contributed by atoms with Gasteiger partial charge in [0.2, 0.25) is 0 Å². The molecule has 2 aromatic rings. The van der Waals surface area contributed by atoms with Gasteiger partial charge in [-0.3, -0.25) is 4.79 Å². The van der Waals surface area contributed by atoms with Crippen LogP contribution in [0.1, 0.15) is 15.9 Å². The number of anilines is 1. The topological polar surface area (TPSA) is 43.8 Å². The van der Waals surface area contributed by atoms with Gasteiger partial charge >= 0.3 is 0 Å². The van der Waals surface area contributed by atoms with Gasteiger partial charge in [0.1, 0.15) is 5.75 Å². The SMILES string of the molecule is CN(C)CCN(C)c1cccc(C(=O)/C=C/c2cccc(O)c2)c1. The summed E-state index contributed by atoms with van der Waals surface area (Å²) in [6, 6.07) is 14.4. The summed E-state index contributed by atoms with van der Waals surface area (Å²) in [5.74, 6) is 0.135. The second-order valence-electron chi connectivity index (χ2n) is 6.07. The van der Waals surface area contributed by atoms with Crippen LogP contribution in [0.2, 0.25) is 0 Å². The van der Waals surface area contributed by atoms with Gasteiger partial charge in [-0.1, -0.05) is 30.3 Å². The van der Waals surface area contributed by atoms with Crippen molar-refractivity contribution in [1.29, 1.82) is 0 Å². The van der Waals surface area contributed by atoms with Crippen molar-refractivity contribution in [3.05, 3.63) is 65.7 Å². The summed E-state index contributed by atoms with van der Waals surface area (Å²) in [7, 11) is 6.11. The lowest BCUT2D eigenvalue weighted by Gasteiger charge is -2.21. The van der Waals surface area contributed by atoms with Crippen molar-refractivity contribution >= 4 is 17.5 Å². The Hall–Kier alpha value is -2.59. The number of allylic oxidation sites excluding steroid dienone is 1. The molecule has 0 fully saturated rings. The number of carbonyl (C=O) groups excluding carboxylic acids is 1. The molecule has 126 valence electrons. The number of carbonyl (C=O) groups is 1. The maximum Gasteiger partial charge on any atom is 0.185 e. The van der Waals surface area contributed by atoms with Crippen molar-refractivity contribution < 1.29 is 9.90 Å². The monoisotopic (exact) mass is 324 g/mol. The fourth-order valence-electron chi connectivity index (χ4n) is 2.27. The quantitative estimate of drug-likeness (QED) is 0.627. The molecule has 0 aliphatic rings. The zero-order valence-corrected chi connectivity index (χ0v) is 14.4. The Labute approximate surface area is 143 Å².